The highest BCUT2D eigenvalue weighted by Crippen LogP contribution is 2.32. The highest BCUT2D eigenvalue weighted by Gasteiger charge is 2.35. The number of carbonyl (C=O) groups excluding carboxylic acids is 3. The van der Waals surface area contributed by atoms with Crippen LogP contribution in [-0.4, -0.2) is 80.0 Å². The van der Waals surface area contributed by atoms with Crippen LogP contribution in [0.4, 0.5) is 11.4 Å². The number of morpholine rings is 1. The molecule has 0 aromatic heterocycles. The van der Waals surface area contributed by atoms with Gasteiger partial charge in [0.1, 0.15) is 0 Å². The molecule has 34 heavy (non-hydrogen) atoms. The van der Waals surface area contributed by atoms with Crippen LogP contribution in [0.15, 0.2) is 48.5 Å². The van der Waals surface area contributed by atoms with Crippen molar-refractivity contribution in [3.05, 3.63) is 59.7 Å². The molecule has 2 aromatic carbocycles. The third kappa shape index (κ3) is 4.92. The van der Waals surface area contributed by atoms with Gasteiger partial charge in [-0.05, 0) is 43.2 Å². The fourth-order valence-corrected chi connectivity index (χ4v) is 4.55. The lowest BCUT2D eigenvalue weighted by atomic mass is 10.1. The van der Waals surface area contributed by atoms with Gasteiger partial charge >= 0.3 is 0 Å². The van der Waals surface area contributed by atoms with E-state index < -0.39 is 0 Å². The molecule has 0 atom stereocenters. The molecule has 8 heteroatoms. The molecule has 3 amide bonds. The Balaban J connectivity index is 1.37. The largest absolute Gasteiger partial charge is 0.378 e. The summed E-state index contributed by atoms with van der Waals surface area (Å²) in [5.74, 6) is 0.205. The van der Waals surface area contributed by atoms with Gasteiger partial charge in [-0.1, -0.05) is 18.2 Å². The summed E-state index contributed by atoms with van der Waals surface area (Å²) in [4.78, 5) is 44.6. The van der Waals surface area contributed by atoms with Crippen molar-refractivity contribution in [2.75, 3.05) is 62.7 Å². The lowest BCUT2D eigenvalue weighted by Crippen LogP contribution is -2.50. The molecule has 0 radical (unpaired) electrons. The van der Waals surface area contributed by atoms with Gasteiger partial charge in [0, 0.05) is 62.1 Å². The van der Waals surface area contributed by atoms with Crippen LogP contribution in [0.2, 0.25) is 0 Å². The average molecular weight is 463 g/mol. The van der Waals surface area contributed by atoms with Crippen molar-refractivity contribution in [3.63, 3.8) is 0 Å². The van der Waals surface area contributed by atoms with Crippen molar-refractivity contribution < 1.29 is 19.1 Å². The molecule has 5 rings (SSSR count). The Kier molecular flexibility index (Phi) is 6.49. The maximum atomic E-state index is 13.5. The zero-order chi connectivity index (χ0) is 23.5. The van der Waals surface area contributed by atoms with Gasteiger partial charge in [-0.3, -0.25) is 14.4 Å². The number of nitrogens with zero attached hydrogens (tertiary/aromatic N) is 3. The highest BCUT2D eigenvalue weighted by atomic mass is 16.5. The smallest absolute Gasteiger partial charge is 0.256 e. The molecular formula is C26H30N4O4. The Morgan fingerprint density at radius 2 is 1.53 bits per heavy atom. The standard InChI is InChI=1S/C26H30N4O4/c31-24(19-4-2-1-3-5-19)27-21-8-9-23(22(18-21)26(33)30-14-16-34-17-15-30)28-10-12-29(13-11-28)25(32)20-6-7-20/h1-5,8-9,18,20H,6-7,10-17H2,(H,27,31). The molecule has 1 saturated carbocycles. The van der Waals surface area contributed by atoms with Gasteiger partial charge in [0.25, 0.3) is 11.8 Å². The van der Waals surface area contributed by atoms with Crippen LogP contribution in [0.3, 0.4) is 0 Å². The highest BCUT2D eigenvalue weighted by molar-refractivity contribution is 6.06. The Bertz CT molecular complexity index is 1060. The van der Waals surface area contributed by atoms with Gasteiger partial charge in [0.15, 0.2) is 0 Å². The van der Waals surface area contributed by atoms with E-state index in [4.69, 9.17) is 4.74 Å². The summed E-state index contributed by atoms with van der Waals surface area (Å²) in [6.45, 7) is 4.81. The zero-order valence-corrected chi connectivity index (χ0v) is 19.2. The quantitative estimate of drug-likeness (QED) is 0.738. The van der Waals surface area contributed by atoms with Gasteiger partial charge in [0.05, 0.1) is 18.8 Å². The number of nitrogens with one attached hydrogen (secondary N) is 1. The molecule has 0 unspecified atom stereocenters. The molecule has 0 bridgehead atoms. The van der Waals surface area contributed by atoms with Gasteiger partial charge in [-0.25, -0.2) is 0 Å². The molecule has 0 spiro atoms. The molecule has 2 saturated heterocycles. The van der Waals surface area contributed by atoms with Crippen molar-refractivity contribution in [2.24, 2.45) is 5.92 Å². The van der Waals surface area contributed by atoms with Crippen molar-refractivity contribution >= 4 is 29.1 Å². The van der Waals surface area contributed by atoms with Crippen LogP contribution in [0.5, 0.6) is 0 Å². The first-order valence-electron chi connectivity index (χ1n) is 12.0. The fraction of sp³-hybridized carbons (Fsp3) is 0.423. The van der Waals surface area contributed by atoms with E-state index in [0.29, 0.717) is 69.3 Å². The Labute approximate surface area is 199 Å². The number of benzene rings is 2. The minimum atomic E-state index is -0.217. The van der Waals surface area contributed by atoms with Crippen LogP contribution >= 0.6 is 0 Å². The molecule has 8 nitrogen and oxygen atoms in total. The Morgan fingerprint density at radius 1 is 0.824 bits per heavy atom. The number of carbonyl (C=O) groups is 3. The maximum Gasteiger partial charge on any atom is 0.256 e. The predicted octanol–water partition coefficient (Wildman–Crippen LogP) is 2.47. The third-order valence-corrected chi connectivity index (χ3v) is 6.68. The minimum absolute atomic E-state index is 0.0643. The first kappa shape index (κ1) is 22.4. The lowest BCUT2D eigenvalue weighted by molar-refractivity contribution is -0.132. The van der Waals surface area contributed by atoms with E-state index in [0.717, 1.165) is 18.5 Å². The van der Waals surface area contributed by atoms with E-state index in [1.165, 1.54) is 0 Å². The van der Waals surface area contributed by atoms with Gasteiger partial charge < -0.3 is 24.8 Å². The van der Waals surface area contributed by atoms with E-state index in [1.807, 2.05) is 35.2 Å². The van der Waals surface area contributed by atoms with Gasteiger partial charge in [-0.2, -0.15) is 0 Å². The molecule has 178 valence electrons. The summed E-state index contributed by atoms with van der Waals surface area (Å²) in [5, 5.41) is 2.92. The van der Waals surface area contributed by atoms with E-state index in [-0.39, 0.29) is 23.6 Å². The number of amides is 3. The molecule has 1 N–H and O–H groups in total. The summed E-state index contributed by atoms with van der Waals surface area (Å²) in [7, 11) is 0. The zero-order valence-electron chi connectivity index (χ0n) is 19.2. The van der Waals surface area contributed by atoms with E-state index in [9.17, 15) is 14.4 Å². The molecule has 2 aliphatic heterocycles. The number of piperazine rings is 1. The van der Waals surface area contributed by atoms with Crippen molar-refractivity contribution in [2.45, 2.75) is 12.8 Å². The molecule has 3 aliphatic rings. The number of ether oxygens (including phenoxy) is 1. The predicted molar refractivity (Wildman–Crippen MR) is 129 cm³/mol. The molecule has 2 heterocycles. The minimum Gasteiger partial charge on any atom is -0.378 e. The van der Waals surface area contributed by atoms with Crippen LogP contribution in [0.25, 0.3) is 0 Å². The number of hydrogen-bond donors (Lipinski definition) is 1. The van der Waals surface area contributed by atoms with Crippen molar-refractivity contribution in [1.29, 1.82) is 0 Å². The second kappa shape index (κ2) is 9.85. The van der Waals surface area contributed by atoms with Crippen LogP contribution in [0.1, 0.15) is 33.6 Å². The van der Waals surface area contributed by atoms with Gasteiger partial charge in [-0.15, -0.1) is 0 Å². The van der Waals surface area contributed by atoms with Crippen LogP contribution in [0, 0.1) is 5.92 Å². The van der Waals surface area contributed by atoms with Crippen LogP contribution < -0.4 is 10.2 Å². The fourth-order valence-electron chi connectivity index (χ4n) is 4.55. The third-order valence-electron chi connectivity index (χ3n) is 6.68. The molecule has 2 aromatic rings. The first-order valence-corrected chi connectivity index (χ1v) is 12.0. The summed E-state index contributed by atoms with van der Waals surface area (Å²) in [6, 6.07) is 14.5. The Hall–Kier alpha value is -3.39. The second-order valence-corrected chi connectivity index (χ2v) is 9.04. The monoisotopic (exact) mass is 462 g/mol. The van der Waals surface area contributed by atoms with E-state index >= 15 is 0 Å². The Morgan fingerprint density at radius 3 is 2.21 bits per heavy atom. The van der Waals surface area contributed by atoms with Crippen molar-refractivity contribution in [3.8, 4) is 0 Å². The molecule has 1 aliphatic carbocycles. The normalized spacial score (nSPS) is 18.5. The number of hydrogen-bond acceptors (Lipinski definition) is 5. The molecule has 3 fully saturated rings. The van der Waals surface area contributed by atoms with E-state index in [1.54, 1.807) is 23.1 Å². The summed E-state index contributed by atoms with van der Waals surface area (Å²) >= 11 is 0. The summed E-state index contributed by atoms with van der Waals surface area (Å²) in [5.41, 5.74) is 2.54. The SMILES string of the molecule is O=C(Nc1ccc(N2CCN(C(=O)C3CC3)CC2)c(C(=O)N2CCOCC2)c1)c1ccccc1. The maximum absolute atomic E-state index is 13.5. The summed E-state index contributed by atoms with van der Waals surface area (Å²) < 4.78 is 5.42. The number of rotatable bonds is 5. The second-order valence-electron chi connectivity index (χ2n) is 9.04. The van der Waals surface area contributed by atoms with Crippen molar-refractivity contribution in [1.82, 2.24) is 9.80 Å². The molecular weight excluding hydrogens is 432 g/mol. The van der Waals surface area contributed by atoms with Crippen LogP contribution in [-0.2, 0) is 9.53 Å². The lowest BCUT2D eigenvalue weighted by Gasteiger charge is -2.37. The number of anilines is 2. The van der Waals surface area contributed by atoms with E-state index in [2.05, 4.69) is 10.2 Å². The summed E-state index contributed by atoms with van der Waals surface area (Å²) in [6.07, 6.45) is 2.01. The average Bonchev–Trinajstić information content (AvgIpc) is 3.75. The van der Waals surface area contributed by atoms with Gasteiger partial charge in [0.2, 0.25) is 5.91 Å². The first-order chi connectivity index (χ1) is 16.6. The topological polar surface area (TPSA) is 82.2 Å².